The molecule has 0 unspecified atom stereocenters. The fourth-order valence-electron chi connectivity index (χ4n) is 1.88. The van der Waals surface area contributed by atoms with Gasteiger partial charge < -0.3 is 9.47 Å². The maximum Gasteiger partial charge on any atom is 0.153 e. The Kier molecular flexibility index (Phi) is 4.71. The zero-order valence-corrected chi connectivity index (χ0v) is 11.6. The highest BCUT2D eigenvalue weighted by atomic mass is 16.5. The number of carbonyl (C=O) groups is 1. The van der Waals surface area contributed by atoms with E-state index in [2.05, 4.69) is 11.9 Å². The van der Waals surface area contributed by atoms with E-state index in [1.165, 1.54) is 0 Å². The van der Waals surface area contributed by atoms with Crippen LogP contribution in [0.15, 0.2) is 36.7 Å². The molecule has 2 rings (SSSR count). The molecule has 0 aliphatic rings. The van der Waals surface area contributed by atoms with Gasteiger partial charge in [-0.1, -0.05) is 13.0 Å². The van der Waals surface area contributed by atoms with Crippen LogP contribution in [0, 0.1) is 0 Å². The maximum absolute atomic E-state index is 11.1. The summed E-state index contributed by atoms with van der Waals surface area (Å²) >= 11 is 0. The minimum absolute atomic E-state index is 0.518. The van der Waals surface area contributed by atoms with E-state index in [1.807, 2.05) is 12.1 Å². The Morgan fingerprint density at radius 2 is 2.05 bits per heavy atom. The van der Waals surface area contributed by atoms with Crippen molar-refractivity contribution in [1.82, 2.24) is 4.98 Å². The second kappa shape index (κ2) is 6.70. The summed E-state index contributed by atoms with van der Waals surface area (Å²) in [6.45, 7) is 2.71. The van der Waals surface area contributed by atoms with Gasteiger partial charge in [0, 0.05) is 11.8 Å². The molecule has 0 spiro atoms. The number of hydrogen-bond acceptors (Lipinski definition) is 4. The van der Waals surface area contributed by atoms with Crippen LogP contribution in [0.3, 0.4) is 0 Å². The number of nitrogens with zero attached hydrogens (tertiary/aromatic N) is 1. The van der Waals surface area contributed by atoms with Crippen LogP contribution in [0.1, 0.15) is 23.7 Å². The summed E-state index contributed by atoms with van der Waals surface area (Å²) < 4.78 is 10.7. The predicted octanol–water partition coefficient (Wildman–Crippen LogP) is 3.36. The number of hydrogen-bond donors (Lipinski definition) is 0. The molecule has 4 nitrogen and oxygen atoms in total. The summed E-state index contributed by atoms with van der Waals surface area (Å²) in [5, 5.41) is 0. The molecular weight excluding hydrogens is 254 g/mol. The van der Waals surface area contributed by atoms with Gasteiger partial charge in [-0.15, -0.1) is 0 Å². The molecular formula is C16H17NO3. The molecule has 1 aromatic carbocycles. The van der Waals surface area contributed by atoms with Crippen molar-refractivity contribution in [2.75, 3.05) is 13.7 Å². The number of methoxy groups -OCH3 is 1. The molecule has 0 fully saturated rings. The molecule has 0 N–H and O–H groups in total. The fourth-order valence-corrected chi connectivity index (χ4v) is 1.88. The zero-order chi connectivity index (χ0) is 14.4. The van der Waals surface area contributed by atoms with Gasteiger partial charge in [0.05, 0.1) is 25.5 Å². The number of carbonyl (C=O) groups excluding carboxylic acids is 1. The van der Waals surface area contributed by atoms with Crippen LogP contribution in [-0.2, 0) is 0 Å². The quantitative estimate of drug-likeness (QED) is 0.756. The van der Waals surface area contributed by atoms with Crippen LogP contribution < -0.4 is 9.47 Å². The van der Waals surface area contributed by atoms with Crippen molar-refractivity contribution in [2.45, 2.75) is 13.3 Å². The molecule has 0 saturated carbocycles. The van der Waals surface area contributed by atoms with Crippen molar-refractivity contribution in [1.29, 1.82) is 0 Å². The number of aldehydes is 1. The summed E-state index contributed by atoms with van der Waals surface area (Å²) in [4.78, 5) is 15.2. The first-order valence-electron chi connectivity index (χ1n) is 6.50. The Hall–Kier alpha value is -2.36. The first kappa shape index (κ1) is 14.1. The van der Waals surface area contributed by atoms with E-state index in [4.69, 9.17) is 9.47 Å². The number of benzene rings is 1. The Labute approximate surface area is 118 Å². The zero-order valence-electron chi connectivity index (χ0n) is 11.6. The Bertz CT molecular complexity index is 596. The highest BCUT2D eigenvalue weighted by molar-refractivity contribution is 5.83. The molecule has 0 aliphatic heterocycles. The Balaban J connectivity index is 2.33. The average Bonchev–Trinajstić information content (AvgIpc) is 2.52. The molecule has 0 aliphatic carbocycles. The van der Waals surface area contributed by atoms with Gasteiger partial charge in [0.25, 0.3) is 0 Å². The van der Waals surface area contributed by atoms with Gasteiger partial charge in [0.2, 0.25) is 0 Å². The molecule has 4 heteroatoms. The third-order valence-corrected chi connectivity index (χ3v) is 2.88. The predicted molar refractivity (Wildman–Crippen MR) is 77.4 cm³/mol. The van der Waals surface area contributed by atoms with Gasteiger partial charge in [0.1, 0.15) is 11.5 Å². The molecule has 1 aromatic heterocycles. The second-order valence-corrected chi connectivity index (χ2v) is 4.33. The lowest BCUT2D eigenvalue weighted by molar-refractivity contribution is 0.112. The third kappa shape index (κ3) is 3.15. The molecule has 0 bridgehead atoms. The summed E-state index contributed by atoms with van der Waals surface area (Å²) in [5.74, 6) is 1.29. The van der Waals surface area contributed by atoms with Crippen molar-refractivity contribution < 1.29 is 14.3 Å². The third-order valence-electron chi connectivity index (χ3n) is 2.88. The lowest BCUT2D eigenvalue weighted by atomic mass is 10.0. The summed E-state index contributed by atoms with van der Waals surface area (Å²) in [7, 11) is 1.54. The highest BCUT2D eigenvalue weighted by Gasteiger charge is 2.06. The van der Waals surface area contributed by atoms with Crippen LogP contribution in [0.4, 0.5) is 0 Å². The number of aromatic nitrogens is 1. The molecule has 0 saturated heterocycles. The number of rotatable bonds is 6. The number of ether oxygens (including phenoxy) is 2. The topological polar surface area (TPSA) is 48.4 Å². The van der Waals surface area contributed by atoms with Crippen LogP contribution in [0.25, 0.3) is 11.1 Å². The van der Waals surface area contributed by atoms with E-state index in [0.717, 1.165) is 29.6 Å². The first-order chi connectivity index (χ1) is 9.78. The van der Waals surface area contributed by atoms with E-state index >= 15 is 0 Å². The van der Waals surface area contributed by atoms with Crippen LogP contribution >= 0.6 is 0 Å². The van der Waals surface area contributed by atoms with Crippen molar-refractivity contribution in [3.63, 3.8) is 0 Å². The fraction of sp³-hybridized carbons (Fsp3) is 0.250. The molecule has 0 amide bonds. The maximum atomic E-state index is 11.1. The Morgan fingerprint density at radius 3 is 2.75 bits per heavy atom. The lowest BCUT2D eigenvalue weighted by Gasteiger charge is -2.09. The van der Waals surface area contributed by atoms with Gasteiger partial charge in [0.15, 0.2) is 6.29 Å². The monoisotopic (exact) mass is 271 g/mol. The summed E-state index contributed by atoms with van der Waals surface area (Å²) in [5.41, 5.74) is 2.33. The van der Waals surface area contributed by atoms with Gasteiger partial charge in [-0.2, -0.15) is 0 Å². The van der Waals surface area contributed by atoms with Crippen LogP contribution in [0.5, 0.6) is 11.5 Å². The standard InChI is InChI=1S/C16H17NO3/c1-3-6-20-15-8-13(9-17-10-15)12-4-5-16(19-2)14(7-12)11-18/h4-5,7-11H,3,6H2,1-2H3. The first-order valence-corrected chi connectivity index (χ1v) is 6.50. The molecule has 104 valence electrons. The summed E-state index contributed by atoms with van der Waals surface area (Å²) in [6.07, 6.45) is 5.16. The second-order valence-electron chi connectivity index (χ2n) is 4.33. The molecule has 20 heavy (non-hydrogen) atoms. The molecule has 0 radical (unpaired) electrons. The normalized spacial score (nSPS) is 10.1. The van der Waals surface area contributed by atoms with Gasteiger partial charge >= 0.3 is 0 Å². The molecule has 2 aromatic rings. The van der Waals surface area contributed by atoms with Gasteiger partial charge in [-0.3, -0.25) is 9.78 Å². The minimum atomic E-state index is 0.518. The number of pyridine rings is 1. The van der Waals surface area contributed by atoms with E-state index < -0.39 is 0 Å². The van der Waals surface area contributed by atoms with Crippen LogP contribution in [-0.4, -0.2) is 25.0 Å². The lowest BCUT2D eigenvalue weighted by Crippen LogP contribution is -1.96. The molecule has 1 heterocycles. The Morgan fingerprint density at radius 1 is 1.20 bits per heavy atom. The average molecular weight is 271 g/mol. The highest BCUT2D eigenvalue weighted by Crippen LogP contribution is 2.27. The SMILES string of the molecule is CCCOc1cncc(-c2ccc(OC)c(C=O)c2)c1. The van der Waals surface area contributed by atoms with Crippen molar-refractivity contribution >= 4 is 6.29 Å². The smallest absolute Gasteiger partial charge is 0.153 e. The van der Waals surface area contributed by atoms with Crippen LogP contribution in [0.2, 0.25) is 0 Å². The van der Waals surface area contributed by atoms with Gasteiger partial charge in [-0.05, 0) is 30.2 Å². The van der Waals surface area contributed by atoms with Crippen molar-refractivity contribution in [3.05, 3.63) is 42.2 Å². The van der Waals surface area contributed by atoms with Gasteiger partial charge in [-0.25, -0.2) is 0 Å². The van der Waals surface area contributed by atoms with E-state index in [1.54, 1.807) is 31.6 Å². The van der Waals surface area contributed by atoms with E-state index in [0.29, 0.717) is 17.9 Å². The van der Waals surface area contributed by atoms with E-state index in [-0.39, 0.29) is 0 Å². The van der Waals surface area contributed by atoms with Crippen molar-refractivity contribution in [3.8, 4) is 22.6 Å². The largest absolute Gasteiger partial charge is 0.496 e. The van der Waals surface area contributed by atoms with E-state index in [9.17, 15) is 4.79 Å². The minimum Gasteiger partial charge on any atom is -0.496 e. The van der Waals surface area contributed by atoms with Crippen molar-refractivity contribution in [2.24, 2.45) is 0 Å². The molecule has 0 atom stereocenters. The summed E-state index contributed by atoms with van der Waals surface area (Å²) in [6, 6.07) is 7.37.